The molecule has 0 saturated carbocycles. The van der Waals surface area contributed by atoms with Crippen molar-refractivity contribution in [2.45, 2.75) is 18.7 Å². The molecule has 0 unspecified atom stereocenters. The van der Waals surface area contributed by atoms with Crippen molar-refractivity contribution in [2.75, 3.05) is 6.54 Å². The monoisotopic (exact) mass is 249 g/mol. The van der Waals surface area contributed by atoms with Gasteiger partial charge in [-0.2, -0.15) is 0 Å². The van der Waals surface area contributed by atoms with Gasteiger partial charge in [-0.05, 0) is 23.9 Å². The van der Waals surface area contributed by atoms with Crippen molar-refractivity contribution in [1.29, 1.82) is 0 Å². The summed E-state index contributed by atoms with van der Waals surface area (Å²) in [6.07, 6.45) is 0. The number of benzene rings is 2. The van der Waals surface area contributed by atoms with E-state index >= 15 is 0 Å². The fourth-order valence-corrected chi connectivity index (χ4v) is 3.17. The highest BCUT2D eigenvalue weighted by Gasteiger charge is 2.16. The molecule has 0 atom stereocenters. The number of fused-ring (bicyclic) bond motifs is 1. The molecule has 2 aromatic carbocycles. The predicted molar refractivity (Wildman–Crippen MR) is 69.5 cm³/mol. The van der Waals surface area contributed by atoms with Gasteiger partial charge in [0.25, 0.3) is 0 Å². The maximum Gasteiger partial charge on any atom is 0.241 e. The van der Waals surface area contributed by atoms with E-state index in [-0.39, 0.29) is 0 Å². The lowest BCUT2D eigenvalue weighted by Gasteiger charge is -2.09. The Kier molecular flexibility index (Phi) is 3.17. The van der Waals surface area contributed by atoms with Gasteiger partial charge in [0.05, 0.1) is 4.90 Å². The third-order valence-corrected chi connectivity index (χ3v) is 4.33. The molecule has 0 aliphatic carbocycles. The van der Waals surface area contributed by atoms with E-state index in [0.717, 1.165) is 16.3 Å². The van der Waals surface area contributed by atoms with Crippen LogP contribution in [0.2, 0.25) is 0 Å². The summed E-state index contributed by atoms with van der Waals surface area (Å²) in [5, 5.41) is 1.75. The summed E-state index contributed by atoms with van der Waals surface area (Å²) in [7, 11) is -3.40. The second-order valence-corrected chi connectivity index (χ2v) is 5.66. The first-order valence-electron chi connectivity index (χ1n) is 5.54. The van der Waals surface area contributed by atoms with Crippen molar-refractivity contribution in [3.63, 3.8) is 0 Å². The summed E-state index contributed by atoms with van der Waals surface area (Å²) in [5.41, 5.74) is 1.08. The first kappa shape index (κ1) is 12.1. The van der Waals surface area contributed by atoms with Gasteiger partial charge in [-0.25, -0.2) is 13.1 Å². The molecule has 2 aromatic rings. The van der Waals surface area contributed by atoms with Crippen molar-refractivity contribution >= 4 is 20.8 Å². The van der Waals surface area contributed by atoms with Crippen LogP contribution in [0.1, 0.15) is 12.5 Å². The van der Waals surface area contributed by atoms with Gasteiger partial charge in [0.1, 0.15) is 0 Å². The Labute approximate surface area is 102 Å². The van der Waals surface area contributed by atoms with E-state index in [4.69, 9.17) is 0 Å². The fraction of sp³-hybridized carbons (Fsp3) is 0.231. The van der Waals surface area contributed by atoms with E-state index in [1.54, 1.807) is 13.0 Å². The van der Waals surface area contributed by atoms with E-state index in [1.165, 1.54) is 0 Å². The lowest BCUT2D eigenvalue weighted by atomic mass is 10.1. The summed E-state index contributed by atoms with van der Waals surface area (Å²) in [6, 6.07) is 11.1. The number of rotatable bonds is 3. The average Bonchev–Trinajstić information content (AvgIpc) is 2.29. The molecule has 2 rings (SSSR count). The molecule has 0 aliphatic rings. The molecule has 4 heteroatoms. The van der Waals surface area contributed by atoms with Gasteiger partial charge < -0.3 is 0 Å². The smallest absolute Gasteiger partial charge is 0.211 e. The first-order valence-corrected chi connectivity index (χ1v) is 7.02. The van der Waals surface area contributed by atoms with Crippen LogP contribution in [0, 0.1) is 6.92 Å². The molecule has 90 valence electrons. The molecule has 0 heterocycles. The number of sulfonamides is 1. The van der Waals surface area contributed by atoms with Crippen LogP contribution in [-0.2, 0) is 10.0 Å². The molecule has 0 saturated heterocycles. The largest absolute Gasteiger partial charge is 0.241 e. The Balaban J connectivity index is 2.76. The second-order valence-electron chi connectivity index (χ2n) is 3.93. The molecule has 0 aliphatic heterocycles. The molecule has 0 fully saturated rings. The van der Waals surface area contributed by atoms with Crippen molar-refractivity contribution < 1.29 is 8.42 Å². The molecule has 0 aromatic heterocycles. The van der Waals surface area contributed by atoms with Gasteiger partial charge in [0, 0.05) is 11.9 Å². The Morgan fingerprint density at radius 1 is 1.06 bits per heavy atom. The molecule has 0 amide bonds. The zero-order valence-corrected chi connectivity index (χ0v) is 10.7. The van der Waals surface area contributed by atoms with Crippen LogP contribution < -0.4 is 4.72 Å². The van der Waals surface area contributed by atoms with Crippen molar-refractivity contribution in [2.24, 2.45) is 0 Å². The molecule has 0 radical (unpaired) electrons. The maximum atomic E-state index is 12.0. The summed E-state index contributed by atoms with van der Waals surface area (Å²) in [4.78, 5) is 0.348. The van der Waals surface area contributed by atoms with Crippen molar-refractivity contribution in [1.82, 2.24) is 4.72 Å². The summed E-state index contributed by atoms with van der Waals surface area (Å²) < 4.78 is 26.6. The summed E-state index contributed by atoms with van der Waals surface area (Å²) in [6.45, 7) is 4.14. The summed E-state index contributed by atoms with van der Waals surface area (Å²) in [5.74, 6) is 0. The van der Waals surface area contributed by atoms with E-state index in [1.807, 2.05) is 37.3 Å². The normalized spacial score (nSPS) is 11.9. The lowest BCUT2D eigenvalue weighted by molar-refractivity contribution is 0.585. The number of hydrogen-bond acceptors (Lipinski definition) is 2. The van der Waals surface area contributed by atoms with E-state index in [2.05, 4.69) is 4.72 Å². The Hall–Kier alpha value is -1.39. The van der Waals surface area contributed by atoms with Crippen LogP contribution in [0.15, 0.2) is 41.3 Å². The Morgan fingerprint density at radius 2 is 1.71 bits per heavy atom. The Bertz CT molecular complexity index is 648. The SMILES string of the molecule is CCNS(=O)(=O)c1ccc(C)c2ccccc12. The third kappa shape index (κ3) is 2.18. The van der Waals surface area contributed by atoms with Crippen molar-refractivity contribution in [3.8, 4) is 0 Å². The average molecular weight is 249 g/mol. The van der Waals surface area contributed by atoms with Crippen molar-refractivity contribution in [3.05, 3.63) is 42.0 Å². The van der Waals surface area contributed by atoms with Gasteiger partial charge in [-0.15, -0.1) is 0 Å². The molecule has 0 spiro atoms. The minimum Gasteiger partial charge on any atom is -0.211 e. The highest BCUT2D eigenvalue weighted by molar-refractivity contribution is 7.89. The van der Waals surface area contributed by atoms with Gasteiger partial charge in [0.15, 0.2) is 0 Å². The molecule has 1 N–H and O–H groups in total. The highest BCUT2D eigenvalue weighted by Crippen LogP contribution is 2.25. The summed E-state index contributed by atoms with van der Waals surface area (Å²) >= 11 is 0. The fourth-order valence-electron chi connectivity index (χ4n) is 1.92. The minimum absolute atomic E-state index is 0.348. The van der Waals surface area contributed by atoms with E-state index < -0.39 is 10.0 Å². The van der Waals surface area contributed by atoms with Crippen LogP contribution in [0.4, 0.5) is 0 Å². The molecule has 17 heavy (non-hydrogen) atoms. The van der Waals surface area contributed by atoms with Crippen LogP contribution in [0.3, 0.4) is 0 Å². The van der Waals surface area contributed by atoms with Crippen LogP contribution >= 0.6 is 0 Å². The van der Waals surface area contributed by atoms with Crippen LogP contribution in [0.5, 0.6) is 0 Å². The third-order valence-electron chi connectivity index (χ3n) is 2.73. The molecule has 3 nitrogen and oxygen atoms in total. The lowest BCUT2D eigenvalue weighted by Crippen LogP contribution is -2.23. The predicted octanol–water partition coefficient (Wildman–Crippen LogP) is 2.45. The highest BCUT2D eigenvalue weighted by atomic mass is 32.2. The van der Waals surface area contributed by atoms with E-state index in [9.17, 15) is 8.42 Å². The zero-order chi connectivity index (χ0) is 12.5. The topological polar surface area (TPSA) is 46.2 Å². The van der Waals surface area contributed by atoms with Gasteiger partial charge in [0.2, 0.25) is 10.0 Å². The Morgan fingerprint density at radius 3 is 2.35 bits per heavy atom. The minimum atomic E-state index is -3.40. The standard InChI is InChI=1S/C13H15NO2S/c1-3-14-17(15,16)13-9-8-10(2)11-6-4-5-7-12(11)13/h4-9,14H,3H2,1-2H3. The molecular formula is C13H15NO2S. The van der Waals surface area contributed by atoms with Gasteiger partial charge in [-0.3, -0.25) is 0 Å². The number of aryl methyl sites for hydroxylation is 1. The van der Waals surface area contributed by atoms with Crippen LogP contribution in [-0.4, -0.2) is 15.0 Å². The van der Waals surface area contributed by atoms with Gasteiger partial charge >= 0.3 is 0 Å². The second kappa shape index (κ2) is 4.47. The number of hydrogen-bond donors (Lipinski definition) is 1. The zero-order valence-electron chi connectivity index (χ0n) is 9.90. The number of nitrogens with one attached hydrogen (secondary N) is 1. The molecular weight excluding hydrogens is 234 g/mol. The van der Waals surface area contributed by atoms with E-state index in [0.29, 0.717) is 11.4 Å². The first-order chi connectivity index (χ1) is 8.06. The molecule has 0 bridgehead atoms. The van der Waals surface area contributed by atoms with Crippen LogP contribution in [0.25, 0.3) is 10.8 Å². The quantitative estimate of drug-likeness (QED) is 0.908. The van der Waals surface area contributed by atoms with Gasteiger partial charge in [-0.1, -0.05) is 37.3 Å². The maximum absolute atomic E-state index is 12.0.